The summed E-state index contributed by atoms with van der Waals surface area (Å²) < 4.78 is 0. The molecule has 2 fully saturated rings. The molecule has 3 nitrogen and oxygen atoms in total. The Bertz CT molecular complexity index is 370. The van der Waals surface area contributed by atoms with Gasteiger partial charge in [0.2, 0.25) is 0 Å². The van der Waals surface area contributed by atoms with E-state index in [1.54, 1.807) is 11.3 Å². The van der Waals surface area contributed by atoms with Crippen LogP contribution in [0.3, 0.4) is 0 Å². The van der Waals surface area contributed by atoms with Crippen molar-refractivity contribution < 1.29 is 0 Å². The summed E-state index contributed by atoms with van der Waals surface area (Å²) >= 11 is 1.78. The van der Waals surface area contributed by atoms with E-state index in [1.165, 1.54) is 24.4 Å². The van der Waals surface area contributed by atoms with Crippen LogP contribution < -0.4 is 5.32 Å². The van der Waals surface area contributed by atoms with E-state index in [2.05, 4.69) is 34.4 Å². The molecule has 1 unspecified atom stereocenters. The molecule has 1 aromatic rings. The van der Waals surface area contributed by atoms with Gasteiger partial charge in [0, 0.05) is 37.3 Å². The lowest BCUT2D eigenvalue weighted by Gasteiger charge is -2.43. The second kappa shape index (κ2) is 4.34. The first kappa shape index (κ1) is 11.6. The third kappa shape index (κ3) is 2.26. The summed E-state index contributed by atoms with van der Waals surface area (Å²) in [4.78, 5) is 7.11. The minimum absolute atomic E-state index is 0.0867. The molecule has 0 spiro atoms. The van der Waals surface area contributed by atoms with E-state index >= 15 is 0 Å². The molecule has 2 heterocycles. The number of hydrogen-bond donors (Lipinski definition) is 1. The smallest absolute Gasteiger partial charge is 0.112 e. The van der Waals surface area contributed by atoms with Gasteiger partial charge in [-0.1, -0.05) is 0 Å². The lowest BCUT2D eigenvalue weighted by atomic mass is 9.99. The van der Waals surface area contributed by atoms with E-state index in [0.29, 0.717) is 6.04 Å². The van der Waals surface area contributed by atoms with E-state index in [-0.39, 0.29) is 5.54 Å². The highest BCUT2D eigenvalue weighted by Gasteiger charge is 2.39. The van der Waals surface area contributed by atoms with E-state index in [1.807, 2.05) is 6.20 Å². The second-order valence-electron chi connectivity index (χ2n) is 5.74. The first-order valence-corrected chi connectivity index (χ1v) is 7.44. The van der Waals surface area contributed by atoms with Crippen molar-refractivity contribution in [1.82, 2.24) is 15.2 Å². The van der Waals surface area contributed by atoms with Crippen LogP contribution in [-0.2, 0) is 5.54 Å². The SMILES string of the molecule is CC(C)(c1nccs1)N1CCNC(C2CC2)C1. The Morgan fingerprint density at radius 2 is 2.29 bits per heavy atom. The maximum absolute atomic E-state index is 4.51. The van der Waals surface area contributed by atoms with E-state index in [0.717, 1.165) is 19.0 Å². The zero-order valence-corrected chi connectivity index (χ0v) is 11.5. The summed E-state index contributed by atoms with van der Waals surface area (Å²) in [5, 5.41) is 7.00. The topological polar surface area (TPSA) is 28.2 Å². The summed E-state index contributed by atoms with van der Waals surface area (Å²) in [7, 11) is 0. The summed E-state index contributed by atoms with van der Waals surface area (Å²) in [5.41, 5.74) is 0.0867. The van der Waals surface area contributed by atoms with Crippen LogP contribution in [0.4, 0.5) is 0 Å². The Morgan fingerprint density at radius 3 is 2.94 bits per heavy atom. The molecular formula is C13H21N3S. The van der Waals surface area contributed by atoms with Crippen molar-refractivity contribution in [3.8, 4) is 0 Å². The van der Waals surface area contributed by atoms with Gasteiger partial charge in [-0.05, 0) is 32.6 Å². The highest BCUT2D eigenvalue weighted by molar-refractivity contribution is 7.09. The van der Waals surface area contributed by atoms with Gasteiger partial charge in [-0.2, -0.15) is 0 Å². The quantitative estimate of drug-likeness (QED) is 0.891. The summed E-state index contributed by atoms with van der Waals surface area (Å²) in [6, 6.07) is 0.711. The fraction of sp³-hybridized carbons (Fsp3) is 0.769. The number of rotatable bonds is 3. The van der Waals surface area contributed by atoms with Crippen LogP contribution >= 0.6 is 11.3 Å². The molecule has 1 aromatic heterocycles. The normalized spacial score (nSPS) is 27.3. The van der Waals surface area contributed by atoms with Crippen LogP contribution in [0.15, 0.2) is 11.6 Å². The monoisotopic (exact) mass is 251 g/mol. The number of nitrogens with one attached hydrogen (secondary N) is 1. The molecule has 4 heteroatoms. The largest absolute Gasteiger partial charge is 0.311 e. The average Bonchev–Trinajstić information content (AvgIpc) is 3.04. The van der Waals surface area contributed by atoms with Crippen molar-refractivity contribution in [3.63, 3.8) is 0 Å². The average molecular weight is 251 g/mol. The Labute approximate surface area is 107 Å². The van der Waals surface area contributed by atoms with Crippen LogP contribution in [0.25, 0.3) is 0 Å². The van der Waals surface area contributed by atoms with Gasteiger partial charge in [0.25, 0.3) is 0 Å². The number of aromatic nitrogens is 1. The molecule has 1 aliphatic heterocycles. The molecule has 3 rings (SSSR count). The fourth-order valence-corrected chi connectivity index (χ4v) is 3.55. The first-order valence-electron chi connectivity index (χ1n) is 6.56. The van der Waals surface area contributed by atoms with Crippen LogP contribution in [0.5, 0.6) is 0 Å². The van der Waals surface area contributed by atoms with Crippen molar-refractivity contribution in [2.45, 2.75) is 38.3 Å². The lowest BCUT2D eigenvalue weighted by molar-refractivity contribution is 0.0755. The standard InChI is InChI=1S/C13H21N3S/c1-13(2,12-15-6-8-17-12)16-7-5-14-11(9-16)10-3-4-10/h6,8,10-11,14H,3-5,7,9H2,1-2H3. The number of thiazole rings is 1. The minimum Gasteiger partial charge on any atom is -0.311 e. The van der Waals surface area contributed by atoms with Gasteiger partial charge in [-0.25, -0.2) is 4.98 Å². The Kier molecular flexibility index (Phi) is 2.97. The third-order valence-electron chi connectivity index (χ3n) is 4.14. The van der Waals surface area contributed by atoms with E-state index in [9.17, 15) is 0 Å². The Balaban J connectivity index is 1.74. The molecule has 94 valence electrons. The molecule has 0 bridgehead atoms. The molecule has 0 amide bonds. The molecular weight excluding hydrogens is 230 g/mol. The molecule has 1 aliphatic carbocycles. The predicted octanol–water partition coefficient (Wildman–Crippen LogP) is 2.06. The molecule has 1 saturated heterocycles. The van der Waals surface area contributed by atoms with Gasteiger partial charge in [0.15, 0.2) is 0 Å². The van der Waals surface area contributed by atoms with Gasteiger partial charge >= 0.3 is 0 Å². The van der Waals surface area contributed by atoms with E-state index < -0.39 is 0 Å². The van der Waals surface area contributed by atoms with Crippen molar-refractivity contribution in [3.05, 3.63) is 16.6 Å². The second-order valence-corrected chi connectivity index (χ2v) is 6.63. The molecule has 1 atom stereocenters. The zero-order valence-electron chi connectivity index (χ0n) is 10.6. The van der Waals surface area contributed by atoms with E-state index in [4.69, 9.17) is 0 Å². The molecule has 1 saturated carbocycles. The number of piperazine rings is 1. The fourth-order valence-electron chi connectivity index (χ4n) is 2.76. The van der Waals surface area contributed by atoms with Crippen LogP contribution in [-0.4, -0.2) is 35.6 Å². The summed E-state index contributed by atoms with van der Waals surface area (Å²) in [6.07, 6.45) is 4.76. The van der Waals surface area contributed by atoms with Gasteiger partial charge in [0.05, 0.1) is 5.54 Å². The lowest BCUT2D eigenvalue weighted by Crippen LogP contribution is -2.57. The van der Waals surface area contributed by atoms with Crippen LogP contribution in [0.2, 0.25) is 0 Å². The first-order chi connectivity index (χ1) is 8.18. The van der Waals surface area contributed by atoms with Gasteiger partial charge in [0.1, 0.15) is 5.01 Å². The Hall–Kier alpha value is -0.450. The van der Waals surface area contributed by atoms with Crippen molar-refractivity contribution >= 4 is 11.3 Å². The van der Waals surface area contributed by atoms with Gasteiger partial charge < -0.3 is 5.32 Å². The Morgan fingerprint density at radius 1 is 1.47 bits per heavy atom. The van der Waals surface area contributed by atoms with Crippen molar-refractivity contribution in [2.75, 3.05) is 19.6 Å². The highest BCUT2D eigenvalue weighted by atomic mass is 32.1. The van der Waals surface area contributed by atoms with Crippen LogP contribution in [0, 0.1) is 5.92 Å². The minimum atomic E-state index is 0.0867. The predicted molar refractivity (Wildman–Crippen MR) is 71.2 cm³/mol. The molecule has 0 radical (unpaired) electrons. The van der Waals surface area contributed by atoms with Crippen molar-refractivity contribution in [2.24, 2.45) is 5.92 Å². The molecule has 17 heavy (non-hydrogen) atoms. The van der Waals surface area contributed by atoms with Gasteiger partial charge in [-0.15, -0.1) is 11.3 Å². The molecule has 2 aliphatic rings. The maximum atomic E-state index is 4.51. The van der Waals surface area contributed by atoms with Crippen molar-refractivity contribution in [1.29, 1.82) is 0 Å². The van der Waals surface area contributed by atoms with Crippen LogP contribution in [0.1, 0.15) is 31.7 Å². The molecule has 1 N–H and O–H groups in total. The maximum Gasteiger partial charge on any atom is 0.112 e. The number of hydrogen-bond acceptors (Lipinski definition) is 4. The highest BCUT2D eigenvalue weighted by Crippen LogP contribution is 2.36. The summed E-state index contributed by atoms with van der Waals surface area (Å²) in [6.45, 7) is 8.05. The zero-order chi connectivity index (χ0) is 11.9. The number of nitrogens with zero attached hydrogens (tertiary/aromatic N) is 2. The third-order valence-corrected chi connectivity index (χ3v) is 5.23. The van der Waals surface area contributed by atoms with Gasteiger partial charge in [-0.3, -0.25) is 4.90 Å². The summed E-state index contributed by atoms with van der Waals surface area (Å²) in [5.74, 6) is 0.935. The molecule has 0 aromatic carbocycles.